The van der Waals surface area contributed by atoms with Gasteiger partial charge < -0.3 is 5.32 Å². The highest BCUT2D eigenvalue weighted by atomic mass is 15.0. The molecule has 2 bridgehead atoms. The fourth-order valence-electron chi connectivity index (χ4n) is 6.35. The lowest BCUT2D eigenvalue weighted by atomic mass is 9.61. The highest BCUT2D eigenvalue weighted by Gasteiger charge is 2.43. The predicted octanol–water partition coefficient (Wildman–Crippen LogP) is 9.33. The van der Waals surface area contributed by atoms with Crippen LogP contribution in [0.2, 0.25) is 0 Å². The fraction of sp³-hybridized carbons (Fsp3) is 0.742. The maximum atomic E-state index is 4.01. The molecule has 2 unspecified atom stereocenters. The Kier molecular flexibility index (Phi) is 11.5. The van der Waals surface area contributed by atoms with Gasteiger partial charge >= 0.3 is 0 Å². The van der Waals surface area contributed by atoms with Gasteiger partial charge in [0.15, 0.2) is 0 Å². The van der Waals surface area contributed by atoms with E-state index in [9.17, 15) is 0 Å². The topological polar surface area (TPSA) is 12.0 Å². The van der Waals surface area contributed by atoms with Gasteiger partial charge in [-0.05, 0) is 123 Å². The van der Waals surface area contributed by atoms with Gasteiger partial charge in [0.2, 0.25) is 0 Å². The molecule has 2 aliphatic carbocycles. The molecule has 0 heterocycles. The Morgan fingerprint density at radius 1 is 0.688 bits per heavy atom. The molecule has 0 aromatic carbocycles. The number of fused-ring (bicyclic) bond motifs is 2. The first-order valence-corrected chi connectivity index (χ1v) is 13.5. The van der Waals surface area contributed by atoms with Crippen LogP contribution in [0.4, 0.5) is 0 Å². The summed E-state index contributed by atoms with van der Waals surface area (Å²) in [5, 5.41) is 4.01. The molecule has 2 atom stereocenters. The van der Waals surface area contributed by atoms with E-state index in [1.807, 2.05) is 0 Å². The van der Waals surface area contributed by atoms with E-state index < -0.39 is 0 Å². The summed E-state index contributed by atoms with van der Waals surface area (Å²) in [7, 11) is 0. The largest absolute Gasteiger partial charge is 0.308 e. The van der Waals surface area contributed by atoms with Crippen molar-refractivity contribution in [2.24, 2.45) is 17.8 Å². The molecule has 0 amide bonds. The van der Waals surface area contributed by atoms with Crippen LogP contribution in [0.25, 0.3) is 0 Å². The molecule has 0 spiro atoms. The molecular formula is C31H53N. The lowest BCUT2D eigenvalue weighted by Gasteiger charge is -2.50. The smallest absolute Gasteiger partial charge is 0.0192 e. The van der Waals surface area contributed by atoms with Crippen LogP contribution in [0.15, 0.2) is 46.6 Å². The van der Waals surface area contributed by atoms with Crippen molar-refractivity contribution in [2.75, 3.05) is 6.54 Å². The molecule has 2 rings (SSSR count). The van der Waals surface area contributed by atoms with Gasteiger partial charge in [0.1, 0.15) is 0 Å². The molecule has 1 heteroatoms. The van der Waals surface area contributed by atoms with E-state index >= 15 is 0 Å². The van der Waals surface area contributed by atoms with Crippen LogP contribution < -0.4 is 5.32 Å². The monoisotopic (exact) mass is 439 g/mol. The first-order valence-electron chi connectivity index (χ1n) is 13.5. The summed E-state index contributed by atoms with van der Waals surface area (Å²) in [5.74, 6) is 2.75. The second kappa shape index (κ2) is 13.6. The summed E-state index contributed by atoms with van der Waals surface area (Å²) in [6, 6.07) is 0. The Bertz CT molecular complexity index is 666. The van der Waals surface area contributed by atoms with Crippen molar-refractivity contribution in [3.8, 4) is 0 Å². The summed E-state index contributed by atoms with van der Waals surface area (Å²) < 4.78 is 0. The minimum Gasteiger partial charge on any atom is -0.308 e. The zero-order valence-electron chi connectivity index (χ0n) is 22.5. The van der Waals surface area contributed by atoms with Crippen LogP contribution in [-0.4, -0.2) is 12.1 Å². The third-order valence-electron chi connectivity index (χ3n) is 7.71. The Balaban J connectivity index is 1.67. The molecule has 0 radical (unpaired) electrons. The van der Waals surface area contributed by atoms with Crippen LogP contribution in [0, 0.1) is 17.8 Å². The number of nitrogens with one attached hydrogen (secondary N) is 1. The zero-order valence-corrected chi connectivity index (χ0v) is 22.5. The van der Waals surface area contributed by atoms with Crippen molar-refractivity contribution < 1.29 is 0 Å². The molecular weight excluding hydrogens is 386 g/mol. The van der Waals surface area contributed by atoms with Crippen LogP contribution in [0.5, 0.6) is 0 Å². The van der Waals surface area contributed by atoms with E-state index in [1.165, 1.54) is 87.3 Å². The minimum atomic E-state index is 0.421. The molecule has 2 saturated carbocycles. The van der Waals surface area contributed by atoms with E-state index in [-0.39, 0.29) is 0 Å². The van der Waals surface area contributed by atoms with E-state index in [0.717, 1.165) is 24.3 Å². The first-order chi connectivity index (χ1) is 15.2. The van der Waals surface area contributed by atoms with E-state index in [4.69, 9.17) is 0 Å². The maximum Gasteiger partial charge on any atom is 0.0192 e. The van der Waals surface area contributed by atoms with Crippen molar-refractivity contribution in [1.29, 1.82) is 0 Å². The van der Waals surface area contributed by atoms with Crippen molar-refractivity contribution in [1.82, 2.24) is 5.32 Å². The Morgan fingerprint density at radius 3 is 1.66 bits per heavy atom. The summed E-state index contributed by atoms with van der Waals surface area (Å²) in [4.78, 5) is 0. The number of hydrogen-bond donors (Lipinski definition) is 1. The van der Waals surface area contributed by atoms with Crippen LogP contribution in [-0.2, 0) is 0 Å². The van der Waals surface area contributed by atoms with Crippen molar-refractivity contribution >= 4 is 0 Å². The Labute approximate surface area is 200 Å². The molecule has 2 fully saturated rings. The Hall–Kier alpha value is -1.08. The molecule has 0 aromatic rings. The molecule has 1 N–H and O–H groups in total. The molecule has 182 valence electrons. The standard InChI is InChI=1S/C31H53N/c1-24(2)11-8-12-25(3)13-9-14-26(4)15-10-16-27(5)17-18-32-31-21-28(6)19-30(23-31)20-29(7)22-31/h11,13,15,17,28-30,32H,8-10,12,14,16,18-23H2,1-7H3. The van der Waals surface area contributed by atoms with Crippen molar-refractivity contribution in [2.45, 2.75) is 125 Å². The average Bonchev–Trinajstić information content (AvgIpc) is 2.66. The van der Waals surface area contributed by atoms with Crippen LogP contribution >= 0.6 is 0 Å². The van der Waals surface area contributed by atoms with Gasteiger partial charge in [0.05, 0.1) is 0 Å². The normalized spacial score (nSPS) is 29.2. The van der Waals surface area contributed by atoms with Gasteiger partial charge in [-0.3, -0.25) is 0 Å². The first kappa shape index (κ1) is 27.2. The van der Waals surface area contributed by atoms with Gasteiger partial charge in [-0.2, -0.15) is 0 Å². The van der Waals surface area contributed by atoms with E-state index in [1.54, 1.807) is 5.57 Å². The minimum absolute atomic E-state index is 0.421. The SMILES string of the molecule is CC(C)=CCCC(C)=CCCC(C)=CCCC(C)=CCNC12CC(C)CC(CC(C)C1)C2. The third kappa shape index (κ3) is 10.2. The van der Waals surface area contributed by atoms with Crippen molar-refractivity contribution in [3.05, 3.63) is 46.6 Å². The van der Waals surface area contributed by atoms with Crippen LogP contribution in [0.1, 0.15) is 119 Å². The van der Waals surface area contributed by atoms with Gasteiger partial charge in [-0.15, -0.1) is 0 Å². The summed E-state index contributed by atoms with van der Waals surface area (Å²) in [6.07, 6.45) is 23.9. The number of hydrogen-bond acceptors (Lipinski definition) is 1. The lowest BCUT2D eigenvalue weighted by molar-refractivity contribution is 0.0582. The number of allylic oxidation sites excluding steroid dienone is 7. The second-order valence-corrected chi connectivity index (χ2v) is 11.9. The highest BCUT2D eigenvalue weighted by Crippen LogP contribution is 2.47. The van der Waals surface area contributed by atoms with E-state index in [0.29, 0.717) is 5.54 Å². The van der Waals surface area contributed by atoms with Gasteiger partial charge in [0.25, 0.3) is 0 Å². The fourth-order valence-corrected chi connectivity index (χ4v) is 6.35. The second-order valence-electron chi connectivity index (χ2n) is 11.9. The quantitative estimate of drug-likeness (QED) is 0.299. The summed E-state index contributed by atoms with van der Waals surface area (Å²) in [6.45, 7) is 17.3. The highest BCUT2D eigenvalue weighted by molar-refractivity contribution is 5.08. The molecule has 0 aromatic heterocycles. The molecule has 2 aliphatic rings. The maximum absolute atomic E-state index is 4.01. The summed E-state index contributed by atoms with van der Waals surface area (Å²) >= 11 is 0. The van der Waals surface area contributed by atoms with Crippen molar-refractivity contribution in [3.63, 3.8) is 0 Å². The summed E-state index contributed by atoms with van der Waals surface area (Å²) in [5.41, 5.74) is 6.47. The van der Waals surface area contributed by atoms with Gasteiger partial charge in [0, 0.05) is 12.1 Å². The third-order valence-corrected chi connectivity index (χ3v) is 7.71. The number of rotatable bonds is 12. The Morgan fingerprint density at radius 2 is 1.16 bits per heavy atom. The molecule has 1 nitrogen and oxygen atoms in total. The molecule has 32 heavy (non-hydrogen) atoms. The molecule has 0 aliphatic heterocycles. The lowest BCUT2D eigenvalue weighted by Crippen LogP contribution is -2.54. The van der Waals surface area contributed by atoms with Crippen LogP contribution in [0.3, 0.4) is 0 Å². The van der Waals surface area contributed by atoms with Gasteiger partial charge in [-0.25, -0.2) is 0 Å². The van der Waals surface area contributed by atoms with Gasteiger partial charge in [-0.1, -0.05) is 60.4 Å². The zero-order chi connectivity index (χ0) is 23.6. The average molecular weight is 440 g/mol. The van der Waals surface area contributed by atoms with E-state index in [2.05, 4.69) is 78.1 Å². The predicted molar refractivity (Wildman–Crippen MR) is 144 cm³/mol. The molecule has 0 saturated heterocycles.